The lowest BCUT2D eigenvalue weighted by atomic mass is 9.72. The van der Waals surface area contributed by atoms with E-state index in [4.69, 9.17) is 4.74 Å². The Morgan fingerprint density at radius 1 is 1.43 bits per heavy atom. The second kappa shape index (κ2) is 3.11. The zero-order valence-electron chi connectivity index (χ0n) is 9.22. The summed E-state index contributed by atoms with van der Waals surface area (Å²) < 4.78 is 5.40. The lowest BCUT2D eigenvalue weighted by Gasteiger charge is -2.39. The van der Waals surface area contributed by atoms with Crippen molar-refractivity contribution < 1.29 is 9.53 Å². The molecule has 0 aromatic rings. The maximum atomic E-state index is 11.3. The number of hydrogen-bond acceptors (Lipinski definition) is 2. The van der Waals surface area contributed by atoms with Gasteiger partial charge in [0.05, 0.1) is 6.42 Å². The highest BCUT2D eigenvalue weighted by molar-refractivity contribution is 5.74. The molecule has 1 saturated carbocycles. The minimum absolute atomic E-state index is 0.0473. The molecule has 1 atom stereocenters. The Labute approximate surface area is 85.3 Å². The van der Waals surface area contributed by atoms with E-state index in [9.17, 15) is 4.79 Å². The molecule has 2 nitrogen and oxygen atoms in total. The quantitative estimate of drug-likeness (QED) is 0.438. The summed E-state index contributed by atoms with van der Waals surface area (Å²) in [5, 5.41) is 0. The SMILES string of the molecule is CC1=C2CCC(C)(C)CC2OC(=O)C1. The molecule has 78 valence electrons. The standard InChI is InChI=1S/C12H18O2/c1-8-6-11(13)14-10-7-12(2,3)5-4-9(8)10/h10H,4-7H2,1-3H3. The lowest BCUT2D eigenvalue weighted by molar-refractivity contribution is -0.150. The lowest BCUT2D eigenvalue weighted by Crippen LogP contribution is -2.35. The average molecular weight is 194 g/mol. The third-order valence-corrected chi connectivity index (χ3v) is 3.43. The molecule has 0 saturated heterocycles. The van der Waals surface area contributed by atoms with Crippen molar-refractivity contribution in [2.45, 2.75) is 52.6 Å². The Hall–Kier alpha value is -0.790. The minimum atomic E-state index is -0.0473. The number of fused-ring (bicyclic) bond motifs is 1. The van der Waals surface area contributed by atoms with Gasteiger partial charge in [0, 0.05) is 0 Å². The van der Waals surface area contributed by atoms with Crippen LogP contribution in [0.25, 0.3) is 0 Å². The summed E-state index contributed by atoms with van der Waals surface area (Å²) in [5.74, 6) is -0.0473. The van der Waals surface area contributed by atoms with Gasteiger partial charge < -0.3 is 4.74 Å². The van der Waals surface area contributed by atoms with E-state index in [0.29, 0.717) is 11.8 Å². The summed E-state index contributed by atoms with van der Waals surface area (Å²) in [6, 6.07) is 0. The Morgan fingerprint density at radius 2 is 2.14 bits per heavy atom. The van der Waals surface area contributed by atoms with Crippen molar-refractivity contribution in [3.63, 3.8) is 0 Å². The van der Waals surface area contributed by atoms with Gasteiger partial charge in [0.1, 0.15) is 6.10 Å². The Kier molecular flexibility index (Phi) is 2.17. The maximum Gasteiger partial charge on any atom is 0.310 e. The summed E-state index contributed by atoms with van der Waals surface area (Å²) in [5.41, 5.74) is 2.97. The van der Waals surface area contributed by atoms with Gasteiger partial charge in [0.15, 0.2) is 0 Å². The zero-order chi connectivity index (χ0) is 10.3. The van der Waals surface area contributed by atoms with Gasteiger partial charge in [-0.15, -0.1) is 0 Å². The van der Waals surface area contributed by atoms with Crippen LogP contribution in [0.1, 0.15) is 46.5 Å². The van der Waals surface area contributed by atoms with Crippen molar-refractivity contribution in [3.05, 3.63) is 11.1 Å². The summed E-state index contributed by atoms with van der Waals surface area (Å²) in [7, 11) is 0. The van der Waals surface area contributed by atoms with E-state index in [2.05, 4.69) is 20.8 Å². The van der Waals surface area contributed by atoms with Crippen LogP contribution in [0.15, 0.2) is 11.1 Å². The molecule has 1 fully saturated rings. The number of hydrogen-bond donors (Lipinski definition) is 0. The first kappa shape index (κ1) is 9.75. The molecular weight excluding hydrogens is 176 g/mol. The molecule has 1 unspecified atom stereocenters. The fourth-order valence-electron chi connectivity index (χ4n) is 2.49. The molecule has 0 spiro atoms. The van der Waals surface area contributed by atoms with Crippen molar-refractivity contribution in [1.82, 2.24) is 0 Å². The zero-order valence-corrected chi connectivity index (χ0v) is 9.22. The monoisotopic (exact) mass is 194 g/mol. The molecule has 0 aromatic heterocycles. The normalized spacial score (nSPS) is 31.1. The fourth-order valence-corrected chi connectivity index (χ4v) is 2.49. The molecule has 0 amide bonds. The summed E-state index contributed by atoms with van der Waals surface area (Å²) in [4.78, 5) is 11.3. The third kappa shape index (κ3) is 1.70. The van der Waals surface area contributed by atoms with E-state index >= 15 is 0 Å². The Morgan fingerprint density at radius 3 is 2.86 bits per heavy atom. The molecule has 2 rings (SSSR count). The number of rotatable bonds is 0. The second-order valence-electron chi connectivity index (χ2n) is 5.33. The number of ether oxygens (including phenoxy) is 1. The van der Waals surface area contributed by atoms with Crippen LogP contribution in [-0.4, -0.2) is 12.1 Å². The molecule has 1 aliphatic carbocycles. The van der Waals surface area contributed by atoms with Crippen LogP contribution < -0.4 is 0 Å². The molecule has 0 N–H and O–H groups in total. The number of carbonyl (C=O) groups excluding carboxylic acids is 1. The third-order valence-electron chi connectivity index (χ3n) is 3.43. The molecular formula is C12H18O2. The molecule has 14 heavy (non-hydrogen) atoms. The van der Waals surface area contributed by atoms with Gasteiger partial charge >= 0.3 is 5.97 Å². The molecule has 0 bridgehead atoms. The number of esters is 1. The summed E-state index contributed by atoms with van der Waals surface area (Å²) in [6.45, 7) is 6.57. The van der Waals surface area contributed by atoms with Crippen molar-refractivity contribution in [3.8, 4) is 0 Å². The van der Waals surface area contributed by atoms with Crippen LogP contribution in [0.3, 0.4) is 0 Å². The minimum Gasteiger partial charge on any atom is -0.458 e. The van der Waals surface area contributed by atoms with Gasteiger partial charge in [-0.2, -0.15) is 0 Å². The van der Waals surface area contributed by atoms with Gasteiger partial charge in [-0.25, -0.2) is 0 Å². The summed E-state index contributed by atoms with van der Waals surface area (Å²) in [6.07, 6.45) is 3.90. The molecule has 2 heteroatoms. The highest BCUT2D eigenvalue weighted by Gasteiger charge is 2.36. The van der Waals surface area contributed by atoms with Crippen LogP contribution in [0.5, 0.6) is 0 Å². The molecule has 2 aliphatic rings. The van der Waals surface area contributed by atoms with Crippen LogP contribution >= 0.6 is 0 Å². The maximum absolute atomic E-state index is 11.3. The van der Waals surface area contributed by atoms with E-state index in [-0.39, 0.29) is 12.1 Å². The van der Waals surface area contributed by atoms with Crippen molar-refractivity contribution >= 4 is 5.97 Å². The van der Waals surface area contributed by atoms with Gasteiger partial charge in [-0.3, -0.25) is 4.79 Å². The highest BCUT2D eigenvalue weighted by atomic mass is 16.5. The van der Waals surface area contributed by atoms with Gasteiger partial charge in [-0.1, -0.05) is 19.4 Å². The van der Waals surface area contributed by atoms with Crippen LogP contribution in [0.4, 0.5) is 0 Å². The smallest absolute Gasteiger partial charge is 0.310 e. The Balaban J connectivity index is 2.24. The van der Waals surface area contributed by atoms with Crippen LogP contribution in [-0.2, 0) is 9.53 Å². The second-order valence-corrected chi connectivity index (χ2v) is 5.33. The Bertz CT molecular complexity index is 299. The van der Waals surface area contributed by atoms with E-state index in [1.807, 2.05) is 0 Å². The van der Waals surface area contributed by atoms with Crippen molar-refractivity contribution in [2.75, 3.05) is 0 Å². The topological polar surface area (TPSA) is 26.3 Å². The molecule has 0 aromatic carbocycles. The average Bonchev–Trinajstić information content (AvgIpc) is 2.00. The fraction of sp³-hybridized carbons (Fsp3) is 0.750. The predicted octanol–water partition coefficient (Wildman–Crippen LogP) is 2.83. The first-order valence-electron chi connectivity index (χ1n) is 5.36. The van der Waals surface area contributed by atoms with E-state index in [1.54, 1.807) is 0 Å². The van der Waals surface area contributed by atoms with E-state index in [1.165, 1.54) is 17.6 Å². The van der Waals surface area contributed by atoms with E-state index in [0.717, 1.165) is 12.8 Å². The van der Waals surface area contributed by atoms with Crippen molar-refractivity contribution in [1.29, 1.82) is 0 Å². The van der Waals surface area contributed by atoms with Crippen LogP contribution in [0.2, 0.25) is 0 Å². The van der Waals surface area contributed by atoms with Gasteiger partial charge in [0.25, 0.3) is 0 Å². The molecule has 0 radical (unpaired) electrons. The largest absolute Gasteiger partial charge is 0.458 e. The summed E-state index contributed by atoms with van der Waals surface area (Å²) >= 11 is 0. The van der Waals surface area contributed by atoms with Gasteiger partial charge in [-0.05, 0) is 37.2 Å². The number of carbonyl (C=O) groups is 1. The van der Waals surface area contributed by atoms with E-state index < -0.39 is 0 Å². The van der Waals surface area contributed by atoms with Crippen molar-refractivity contribution in [2.24, 2.45) is 5.41 Å². The first-order valence-corrected chi connectivity index (χ1v) is 5.36. The molecule has 1 aliphatic heterocycles. The predicted molar refractivity (Wildman–Crippen MR) is 54.8 cm³/mol. The molecule has 1 heterocycles. The first-order chi connectivity index (χ1) is 6.48. The highest BCUT2D eigenvalue weighted by Crippen LogP contribution is 2.42. The van der Waals surface area contributed by atoms with Gasteiger partial charge in [0.2, 0.25) is 0 Å². The van der Waals surface area contributed by atoms with Crippen LogP contribution in [0, 0.1) is 5.41 Å².